The highest BCUT2D eigenvalue weighted by atomic mass is 19.1. The van der Waals surface area contributed by atoms with Crippen LogP contribution in [0, 0.1) is 5.82 Å². The number of ether oxygens (including phenoxy) is 1. The number of carbonyl (C=O) groups is 3. The van der Waals surface area contributed by atoms with E-state index >= 15 is 4.39 Å². The molecule has 0 bridgehead atoms. The van der Waals surface area contributed by atoms with Crippen molar-refractivity contribution in [3.63, 3.8) is 0 Å². The number of piperidine rings is 2. The fourth-order valence-electron chi connectivity index (χ4n) is 5.15. The van der Waals surface area contributed by atoms with E-state index in [-0.39, 0.29) is 36.2 Å². The number of amides is 3. The van der Waals surface area contributed by atoms with E-state index in [1.165, 1.54) is 6.07 Å². The van der Waals surface area contributed by atoms with Crippen molar-refractivity contribution >= 4 is 23.6 Å². The summed E-state index contributed by atoms with van der Waals surface area (Å²) < 4.78 is 20.4. The van der Waals surface area contributed by atoms with Crippen LogP contribution in [0.1, 0.15) is 64.4 Å². The van der Waals surface area contributed by atoms with Crippen LogP contribution in [0.25, 0.3) is 0 Å². The van der Waals surface area contributed by atoms with Crippen LogP contribution in [-0.2, 0) is 14.3 Å². The largest absolute Gasteiger partial charge is 0.444 e. The first kappa shape index (κ1) is 24.4. The standard InChI is InChI=1S/C25H35FN4O4/c1-25(2,3)34-24(33)27-17-8-11-29(12-9-17)18-10-13-30(15-18)21-6-4-16(14-20(21)26)19-5-7-22(31)28-23(19)32/h4,6,14,17-19H,5,7-13,15H2,1-3H3,(H,27,33)(H,28,31,32). The van der Waals surface area contributed by atoms with Crippen LogP contribution in [0.4, 0.5) is 14.9 Å². The average Bonchev–Trinajstić information content (AvgIpc) is 3.23. The topological polar surface area (TPSA) is 91.0 Å². The van der Waals surface area contributed by atoms with Gasteiger partial charge in [0.1, 0.15) is 11.4 Å². The number of nitrogens with one attached hydrogen (secondary N) is 2. The van der Waals surface area contributed by atoms with Gasteiger partial charge in [0, 0.05) is 44.7 Å². The number of hydrogen-bond acceptors (Lipinski definition) is 6. The monoisotopic (exact) mass is 474 g/mol. The number of anilines is 1. The first-order valence-electron chi connectivity index (χ1n) is 12.2. The van der Waals surface area contributed by atoms with Crippen LogP contribution >= 0.6 is 0 Å². The van der Waals surface area contributed by atoms with Crippen LogP contribution in [0.2, 0.25) is 0 Å². The molecule has 3 aliphatic rings. The highest BCUT2D eigenvalue weighted by Crippen LogP contribution is 2.31. The van der Waals surface area contributed by atoms with Crippen molar-refractivity contribution in [1.82, 2.24) is 15.5 Å². The summed E-state index contributed by atoms with van der Waals surface area (Å²) in [5, 5.41) is 5.31. The molecule has 1 aromatic carbocycles. The third-order valence-corrected chi connectivity index (χ3v) is 6.88. The molecule has 2 N–H and O–H groups in total. The van der Waals surface area contributed by atoms with Gasteiger partial charge in [0.15, 0.2) is 0 Å². The molecule has 3 saturated heterocycles. The molecule has 186 valence electrons. The van der Waals surface area contributed by atoms with Gasteiger partial charge in [-0.15, -0.1) is 0 Å². The highest BCUT2D eigenvalue weighted by molar-refractivity contribution is 6.00. The summed E-state index contributed by atoms with van der Waals surface area (Å²) in [7, 11) is 0. The second-order valence-electron chi connectivity index (χ2n) is 10.6. The number of halogens is 1. The lowest BCUT2D eigenvalue weighted by Gasteiger charge is -2.36. The smallest absolute Gasteiger partial charge is 0.407 e. The molecule has 0 saturated carbocycles. The minimum Gasteiger partial charge on any atom is -0.444 e. The SMILES string of the molecule is CC(C)(C)OC(=O)NC1CCN(C2CCN(c3ccc(C4CCC(=O)NC4=O)cc3F)C2)CC1. The molecule has 9 heteroatoms. The maximum atomic E-state index is 15.0. The first-order valence-corrected chi connectivity index (χ1v) is 12.2. The summed E-state index contributed by atoms with van der Waals surface area (Å²) in [5.74, 6) is -1.44. The molecule has 3 amide bonds. The first-order chi connectivity index (χ1) is 16.1. The zero-order chi connectivity index (χ0) is 24.5. The minimum atomic E-state index is -0.507. The van der Waals surface area contributed by atoms with Crippen molar-refractivity contribution in [1.29, 1.82) is 0 Å². The van der Waals surface area contributed by atoms with E-state index in [4.69, 9.17) is 4.74 Å². The van der Waals surface area contributed by atoms with Gasteiger partial charge in [0.05, 0.1) is 11.6 Å². The zero-order valence-corrected chi connectivity index (χ0v) is 20.2. The van der Waals surface area contributed by atoms with E-state index in [1.54, 1.807) is 12.1 Å². The summed E-state index contributed by atoms with van der Waals surface area (Å²) >= 11 is 0. The normalized spacial score (nSPS) is 24.8. The van der Waals surface area contributed by atoms with Gasteiger partial charge in [0.25, 0.3) is 0 Å². The van der Waals surface area contributed by atoms with Gasteiger partial charge in [-0.1, -0.05) is 6.07 Å². The van der Waals surface area contributed by atoms with E-state index in [2.05, 4.69) is 20.4 Å². The van der Waals surface area contributed by atoms with Crippen molar-refractivity contribution in [2.75, 3.05) is 31.1 Å². The van der Waals surface area contributed by atoms with Gasteiger partial charge >= 0.3 is 6.09 Å². The number of imide groups is 1. The summed E-state index contributed by atoms with van der Waals surface area (Å²) in [6.07, 6.45) is 3.01. The summed E-state index contributed by atoms with van der Waals surface area (Å²) in [6, 6.07) is 5.46. The lowest BCUT2D eigenvalue weighted by molar-refractivity contribution is -0.134. The molecule has 2 atom stereocenters. The Bertz CT molecular complexity index is 939. The van der Waals surface area contributed by atoms with Gasteiger partial charge in [0.2, 0.25) is 11.8 Å². The van der Waals surface area contributed by atoms with Crippen molar-refractivity contribution in [2.24, 2.45) is 0 Å². The van der Waals surface area contributed by atoms with Gasteiger partial charge in [-0.2, -0.15) is 0 Å². The number of carbonyl (C=O) groups excluding carboxylic acids is 3. The van der Waals surface area contributed by atoms with Crippen LogP contribution in [0.5, 0.6) is 0 Å². The summed E-state index contributed by atoms with van der Waals surface area (Å²) in [5.41, 5.74) is 0.662. The Morgan fingerprint density at radius 3 is 2.50 bits per heavy atom. The molecule has 3 aliphatic heterocycles. The average molecular weight is 475 g/mol. The number of nitrogens with zero attached hydrogens (tertiary/aromatic N) is 2. The summed E-state index contributed by atoms with van der Waals surface area (Å²) in [6.45, 7) is 8.85. The molecule has 8 nitrogen and oxygen atoms in total. The van der Waals surface area contributed by atoms with Crippen LogP contribution in [-0.4, -0.2) is 66.7 Å². The van der Waals surface area contributed by atoms with E-state index in [0.29, 0.717) is 23.7 Å². The van der Waals surface area contributed by atoms with Gasteiger partial charge in [-0.3, -0.25) is 19.8 Å². The fourth-order valence-corrected chi connectivity index (χ4v) is 5.15. The second-order valence-corrected chi connectivity index (χ2v) is 10.6. The van der Waals surface area contributed by atoms with Gasteiger partial charge in [-0.05, 0) is 64.2 Å². The molecule has 1 aromatic rings. The Hall–Kier alpha value is -2.68. The lowest BCUT2D eigenvalue weighted by Crippen LogP contribution is -2.49. The predicted molar refractivity (Wildman–Crippen MR) is 126 cm³/mol. The van der Waals surface area contributed by atoms with E-state index in [1.807, 2.05) is 20.8 Å². The van der Waals surface area contributed by atoms with E-state index in [0.717, 1.165) is 45.4 Å². The Morgan fingerprint density at radius 1 is 1.12 bits per heavy atom. The Morgan fingerprint density at radius 2 is 1.85 bits per heavy atom. The fraction of sp³-hybridized carbons (Fsp3) is 0.640. The molecule has 4 rings (SSSR count). The third kappa shape index (κ3) is 5.87. The third-order valence-electron chi connectivity index (χ3n) is 6.88. The Kier molecular flexibility index (Phi) is 7.12. The quantitative estimate of drug-likeness (QED) is 0.652. The van der Waals surface area contributed by atoms with Crippen molar-refractivity contribution in [3.8, 4) is 0 Å². The molecule has 0 aliphatic carbocycles. The van der Waals surface area contributed by atoms with Gasteiger partial charge < -0.3 is 15.0 Å². The van der Waals surface area contributed by atoms with Crippen LogP contribution in [0.15, 0.2) is 18.2 Å². The maximum Gasteiger partial charge on any atom is 0.407 e. The number of benzene rings is 1. The zero-order valence-electron chi connectivity index (χ0n) is 20.2. The predicted octanol–water partition coefficient (Wildman–Crippen LogP) is 2.91. The Labute approximate surface area is 200 Å². The molecule has 0 spiro atoms. The molecule has 0 radical (unpaired) electrons. The van der Waals surface area contributed by atoms with Crippen molar-refractivity contribution < 1.29 is 23.5 Å². The summed E-state index contributed by atoms with van der Waals surface area (Å²) in [4.78, 5) is 40.0. The number of rotatable bonds is 4. The minimum absolute atomic E-state index is 0.112. The van der Waals surface area contributed by atoms with E-state index in [9.17, 15) is 14.4 Å². The second kappa shape index (κ2) is 9.90. The molecule has 3 fully saturated rings. The molecular weight excluding hydrogens is 439 g/mol. The number of alkyl carbamates (subject to hydrolysis) is 1. The molecule has 3 heterocycles. The van der Waals surface area contributed by atoms with Crippen molar-refractivity contribution in [2.45, 2.75) is 76.5 Å². The highest BCUT2D eigenvalue weighted by Gasteiger charge is 2.33. The number of hydrogen-bond donors (Lipinski definition) is 2. The lowest BCUT2D eigenvalue weighted by atomic mass is 9.90. The van der Waals surface area contributed by atoms with Crippen molar-refractivity contribution in [3.05, 3.63) is 29.6 Å². The number of likely N-dealkylation sites (tertiary alicyclic amines) is 1. The molecule has 34 heavy (non-hydrogen) atoms. The van der Waals surface area contributed by atoms with E-state index < -0.39 is 11.5 Å². The molecule has 2 unspecified atom stereocenters. The van der Waals surface area contributed by atoms with Crippen LogP contribution < -0.4 is 15.5 Å². The molecule has 0 aromatic heterocycles. The van der Waals surface area contributed by atoms with Crippen LogP contribution in [0.3, 0.4) is 0 Å². The Balaban J connectivity index is 1.29. The van der Waals surface area contributed by atoms with Gasteiger partial charge in [-0.25, -0.2) is 9.18 Å². The molecular formula is C25H35FN4O4. The maximum absolute atomic E-state index is 15.0.